The Morgan fingerprint density at radius 3 is 2.29 bits per heavy atom. The van der Waals surface area contributed by atoms with Gasteiger partial charge in [-0.3, -0.25) is 9.36 Å². The lowest BCUT2D eigenvalue weighted by Crippen LogP contribution is -2.49. The van der Waals surface area contributed by atoms with Crippen molar-refractivity contribution in [3.63, 3.8) is 0 Å². The third-order valence-electron chi connectivity index (χ3n) is 5.49. The number of amides is 1. The van der Waals surface area contributed by atoms with Crippen molar-refractivity contribution in [1.29, 1.82) is 0 Å². The maximum atomic E-state index is 13.3. The molecule has 10 heteroatoms. The Morgan fingerprint density at radius 1 is 0.968 bits per heavy atom. The summed E-state index contributed by atoms with van der Waals surface area (Å²) in [5, 5.41) is 0. The van der Waals surface area contributed by atoms with E-state index in [0.717, 1.165) is 17.5 Å². The van der Waals surface area contributed by atoms with Crippen LogP contribution in [0.3, 0.4) is 0 Å². The van der Waals surface area contributed by atoms with Crippen LogP contribution in [-0.2, 0) is 6.18 Å². The van der Waals surface area contributed by atoms with Gasteiger partial charge in [-0.1, -0.05) is 12.1 Å². The van der Waals surface area contributed by atoms with Crippen molar-refractivity contribution < 1.29 is 18.0 Å². The quantitative estimate of drug-likeness (QED) is 0.638. The molecule has 0 radical (unpaired) electrons. The molecule has 1 saturated heterocycles. The summed E-state index contributed by atoms with van der Waals surface area (Å²) in [6, 6.07) is 6.73. The van der Waals surface area contributed by atoms with Gasteiger partial charge in [0.25, 0.3) is 5.91 Å². The number of aromatic nitrogens is 4. The van der Waals surface area contributed by atoms with Crippen LogP contribution in [-0.4, -0.2) is 56.5 Å². The maximum Gasteiger partial charge on any atom is 0.417 e. The summed E-state index contributed by atoms with van der Waals surface area (Å²) in [6.45, 7) is 5.38. The van der Waals surface area contributed by atoms with Crippen molar-refractivity contribution in [3.05, 3.63) is 65.5 Å². The Bertz CT molecular complexity index is 1100. The molecule has 0 bridgehead atoms. The Balaban J connectivity index is 1.48. The predicted molar refractivity (Wildman–Crippen MR) is 108 cm³/mol. The van der Waals surface area contributed by atoms with E-state index in [9.17, 15) is 18.0 Å². The third-order valence-corrected chi connectivity index (χ3v) is 5.49. The molecule has 0 aliphatic carbocycles. The zero-order chi connectivity index (χ0) is 22.2. The fourth-order valence-corrected chi connectivity index (χ4v) is 3.60. The van der Waals surface area contributed by atoms with Gasteiger partial charge in [0.05, 0.1) is 16.8 Å². The van der Waals surface area contributed by atoms with Crippen molar-refractivity contribution in [2.75, 3.05) is 31.1 Å². The summed E-state index contributed by atoms with van der Waals surface area (Å²) < 4.78 is 41.7. The second-order valence-electron chi connectivity index (χ2n) is 7.34. The molecule has 4 rings (SSSR count). The van der Waals surface area contributed by atoms with Gasteiger partial charge in [0.2, 0.25) is 0 Å². The third kappa shape index (κ3) is 4.10. The van der Waals surface area contributed by atoms with Crippen LogP contribution < -0.4 is 4.90 Å². The Morgan fingerprint density at radius 2 is 1.65 bits per heavy atom. The summed E-state index contributed by atoms with van der Waals surface area (Å²) in [6.07, 6.45) is -1.41. The fourth-order valence-electron chi connectivity index (χ4n) is 3.60. The van der Waals surface area contributed by atoms with E-state index in [1.54, 1.807) is 6.33 Å². The van der Waals surface area contributed by atoms with E-state index in [4.69, 9.17) is 0 Å². The lowest BCUT2D eigenvalue weighted by Gasteiger charge is -2.35. The topological polar surface area (TPSA) is 67.2 Å². The average Bonchev–Trinajstić information content (AvgIpc) is 3.11. The summed E-state index contributed by atoms with van der Waals surface area (Å²) in [5.74, 6) is 0.764. The molecule has 1 amide bonds. The Kier molecular flexibility index (Phi) is 5.38. The van der Waals surface area contributed by atoms with E-state index < -0.39 is 17.6 Å². The molecule has 2 aromatic heterocycles. The van der Waals surface area contributed by atoms with E-state index in [2.05, 4.69) is 15.0 Å². The van der Waals surface area contributed by atoms with Crippen LogP contribution in [0.2, 0.25) is 0 Å². The number of anilines is 1. The smallest absolute Gasteiger partial charge is 0.353 e. The van der Waals surface area contributed by atoms with Crippen molar-refractivity contribution in [3.8, 4) is 5.82 Å². The van der Waals surface area contributed by atoms with Crippen LogP contribution in [0, 0.1) is 13.8 Å². The minimum Gasteiger partial charge on any atom is -0.353 e. The number of hydrogen-bond donors (Lipinski definition) is 0. The highest BCUT2D eigenvalue weighted by Crippen LogP contribution is 2.32. The number of carbonyl (C=O) groups is 1. The van der Waals surface area contributed by atoms with Crippen LogP contribution in [0.5, 0.6) is 0 Å². The number of imidazole rings is 1. The standard InChI is InChI=1S/C21H21F3N6O/c1-14-15(2)30(13-27-14)19-11-18(25-12-26-19)28-7-9-29(10-8-28)20(31)16-5-3-4-6-17(16)21(22,23)24/h3-6,11-13H,7-10H2,1-2H3. The number of halogens is 3. The van der Waals surface area contributed by atoms with Gasteiger partial charge in [-0.05, 0) is 26.0 Å². The number of hydrogen-bond acceptors (Lipinski definition) is 5. The zero-order valence-corrected chi connectivity index (χ0v) is 17.1. The van der Waals surface area contributed by atoms with Crippen molar-refractivity contribution in [2.24, 2.45) is 0 Å². The minimum absolute atomic E-state index is 0.299. The van der Waals surface area contributed by atoms with E-state index in [0.29, 0.717) is 37.8 Å². The Labute approximate surface area is 177 Å². The summed E-state index contributed by atoms with van der Waals surface area (Å²) in [5.41, 5.74) is 0.655. The minimum atomic E-state index is -4.57. The van der Waals surface area contributed by atoms with Crippen LogP contribution in [0.15, 0.2) is 43.0 Å². The number of nitrogens with zero attached hydrogens (tertiary/aromatic N) is 6. The molecular weight excluding hydrogens is 409 g/mol. The van der Waals surface area contributed by atoms with Gasteiger partial charge in [-0.25, -0.2) is 15.0 Å². The normalized spacial score (nSPS) is 14.7. The van der Waals surface area contributed by atoms with Gasteiger partial charge in [-0.15, -0.1) is 0 Å². The summed E-state index contributed by atoms with van der Waals surface area (Å²) in [7, 11) is 0. The van der Waals surface area contributed by atoms with Crippen molar-refractivity contribution >= 4 is 11.7 Å². The van der Waals surface area contributed by atoms with Crippen molar-refractivity contribution in [1.82, 2.24) is 24.4 Å². The first-order valence-corrected chi connectivity index (χ1v) is 9.79. The van der Waals surface area contributed by atoms with E-state index in [-0.39, 0.29) is 5.56 Å². The Hall–Kier alpha value is -3.43. The van der Waals surface area contributed by atoms with Crippen molar-refractivity contribution in [2.45, 2.75) is 20.0 Å². The van der Waals surface area contributed by atoms with Gasteiger partial charge >= 0.3 is 6.18 Å². The predicted octanol–water partition coefficient (Wildman–Crippen LogP) is 3.26. The molecule has 0 unspecified atom stereocenters. The van der Waals surface area contributed by atoms with Gasteiger partial charge < -0.3 is 9.80 Å². The zero-order valence-electron chi connectivity index (χ0n) is 17.1. The maximum absolute atomic E-state index is 13.3. The number of piperazine rings is 1. The SMILES string of the molecule is Cc1ncn(-c2cc(N3CCN(C(=O)c4ccccc4C(F)(F)F)CC3)ncn2)c1C. The molecule has 31 heavy (non-hydrogen) atoms. The molecule has 7 nitrogen and oxygen atoms in total. The van der Waals surface area contributed by atoms with Crippen LogP contribution in [0.1, 0.15) is 27.3 Å². The van der Waals surface area contributed by atoms with E-state index in [1.807, 2.05) is 29.4 Å². The first-order valence-electron chi connectivity index (χ1n) is 9.79. The molecule has 1 aliphatic heterocycles. The lowest BCUT2D eigenvalue weighted by molar-refractivity contribution is -0.138. The average molecular weight is 430 g/mol. The highest BCUT2D eigenvalue weighted by Gasteiger charge is 2.36. The van der Waals surface area contributed by atoms with Gasteiger partial charge in [-0.2, -0.15) is 13.2 Å². The molecule has 0 atom stereocenters. The highest BCUT2D eigenvalue weighted by molar-refractivity contribution is 5.96. The molecule has 0 saturated carbocycles. The number of carbonyl (C=O) groups excluding carboxylic acids is 1. The van der Waals surface area contributed by atoms with Crippen LogP contribution in [0.4, 0.5) is 19.0 Å². The van der Waals surface area contributed by atoms with E-state index in [1.165, 1.54) is 29.4 Å². The largest absolute Gasteiger partial charge is 0.417 e. The second kappa shape index (κ2) is 8.01. The van der Waals surface area contributed by atoms with Crippen LogP contribution >= 0.6 is 0 Å². The van der Waals surface area contributed by atoms with Crippen LogP contribution in [0.25, 0.3) is 5.82 Å². The summed E-state index contributed by atoms with van der Waals surface area (Å²) >= 11 is 0. The van der Waals surface area contributed by atoms with Gasteiger partial charge in [0, 0.05) is 37.9 Å². The fraction of sp³-hybridized carbons (Fsp3) is 0.333. The molecule has 162 valence electrons. The molecular formula is C21H21F3N6O. The number of benzene rings is 1. The molecule has 1 fully saturated rings. The molecule has 3 aromatic rings. The molecule has 3 heterocycles. The van der Waals surface area contributed by atoms with Gasteiger partial charge in [0.1, 0.15) is 24.3 Å². The molecule has 1 aliphatic rings. The lowest BCUT2D eigenvalue weighted by atomic mass is 10.1. The van der Waals surface area contributed by atoms with E-state index >= 15 is 0 Å². The first kappa shape index (κ1) is 20.8. The summed E-state index contributed by atoms with van der Waals surface area (Å²) in [4.78, 5) is 29.1. The molecule has 0 N–H and O–H groups in total. The second-order valence-corrected chi connectivity index (χ2v) is 7.34. The number of rotatable bonds is 3. The molecule has 1 aromatic carbocycles. The highest BCUT2D eigenvalue weighted by atomic mass is 19.4. The number of alkyl halides is 3. The molecule has 0 spiro atoms. The number of aryl methyl sites for hydroxylation is 1. The monoisotopic (exact) mass is 430 g/mol. The first-order chi connectivity index (χ1) is 14.8. The van der Waals surface area contributed by atoms with Gasteiger partial charge in [0.15, 0.2) is 0 Å².